The van der Waals surface area contributed by atoms with E-state index < -0.39 is 0 Å². The van der Waals surface area contributed by atoms with Crippen molar-refractivity contribution in [3.05, 3.63) is 72.1 Å². The summed E-state index contributed by atoms with van der Waals surface area (Å²) in [7, 11) is 1.99. The molecule has 0 radical (unpaired) electrons. The predicted molar refractivity (Wildman–Crippen MR) is 112 cm³/mol. The molecule has 0 saturated carbocycles. The van der Waals surface area contributed by atoms with E-state index in [-0.39, 0.29) is 11.8 Å². The maximum absolute atomic E-state index is 12.6. The first-order valence-corrected chi connectivity index (χ1v) is 9.64. The van der Waals surface area contributed by atoms with Gasteiger partial charge in [0.25, 0.3) is 5.91 Å². The van der Waals surface area contributed by atoms with Gasteiger partial charge in [-0.05, 0) is 6.07 Å². The summed E-state index contributed by atoms with van der Waals surface area (Å²) >= 11 is 0. The minimum absolute atomic E-state index is 0.0833. The van der Waals surface area contributed by atoms with Crippen molar-refractivity contribution in [3.63, 3.8) is 0 Å². The summed E-state index contributed by atoms with van der Waals surface area (Å²) in [5, 5.41) is 6.84. The highest BCUT2D eigenvalue weighted by molar-refractivity contribution is 5.94. The number of imidazole rings is 1. The Morgan fingerprint density at radius 3 is 2.70 bits per heavy atom. The van der Waals surface area contributed by atoms with Crippen LogP contribution in [0.25, 0.3) is 22.8 Å². The van der Waals surface area contributed by atoms with Crippen LogP contribution in [0.3, 0.4) is 0 Å². The maximum Gasteiger partial charge on any atom is 0.252 e. The van der Waals surface area contributed by atoms with Gasteiger partial charge in [0.05, 0.1) is 5.56 Å². The zero-order valence-electron chi connectivity index (χ0n) is 17.0. The van der Waals surface area contributed by atoms with Crippen LogP contribution < -0.4 is 5.32 Å². The zero-order valence-corrected chi connectivity index (χ0v) is 17.0. The fourth-order valence-electron chi connectivity index (χ4n) is 3.29. The van der Waals surface area contributed by atoms with Gasteiger partial charge in [-0.2, -0.15) is 4.98 Å². The Bertz CT molecular complexity index is 1170. The van der Waals surface area contributed by atoms with E-state index in [1.54, 1.807) is 19.2 Å². The molecule has 1 amide bonds. The number of nitrogens with zero attached hydrogens (tertiary/aromatic N) is 5. The van der Waals surface area contributed by atoms with E-state index in [0.29, 0.717) is 29.4 Å². The SMILES string of the molecule is Cc1nc(-c2cncc(C(=O)NCC(C)c3cnc(-c4ccccc4)n3C)c2)no1. The molecule has 0 saturated heterocycles. The summed E-state index contributed by atoms with van der Waals surface area (Å²) in [5.41, 5.74) is 3.18. The minimum Gasteiger partial charge on any atom is -0.351 e. The summed E-state index contributed by atoms with van der Waals surface area (Å²) in [4.78, 5) is 25.5. The van der Waals surface area contributed by atoms with Gasteiger partial charge < -0.3 is 14.4 Å². The number of amides is 1. The maximum atomic E-state index is 12.6. The second-order valence-corrected chi connectivity index (χ2v) is 7.14. The molecular weight excluding hydrogens is 380 g/mol. The summed E-state index contributed by atoms with van der Waals surface area (Å²) in [5.74, 6) is 1.64. The molecule has 1 atom stereocenters. The van der Waals surface area contributed by atoms with Gasteiger partial charge in [-0.1, -0.05) is 42.4 Å². The molecule has 0 spiro atoms. The molecule has 4 rings (SSSR count). The highest BCUT2D eigenvalue weighted by Crippen LogP contribution is 2.22. The van der Waals surface area contributed by atoms with Gasteiger partial charge in [0.2, 0.25) is 11.7 Å². The second-order valence-electron chi connectivity index (χ2n) is 7.14. The molecule has 0 bridgehead atoms. The Kier molecular flexibility index (Phi) is 5.38. The molecule has 0 aliphatic rings. The lowest BCUT2D eigenvalue weighted by Gasteiger charge is -2.14. The van der Waals surface area contributed by atoms with Crippen LogP contribution in [0.4, 0.5) is 0 Å². The molecule has 0 aliphatic carbocycles. The van der Waals surface area contributed by atoms with Gasteiger partial charge >= 0.3 is 0 Å². The largest absolute Gasteiger partial charge is 0.351 e. The third kappa shape index (κ3) is 3.98. The topological polar surface area (TPSA) is 98.7 Å². The van der Waals surface area contributed by atoms with Crippen molar-refractivity contribution < 1.29 is 9.32 Å². The first kappa shape index (κ1) is 19.5. The van der Waals surface area contributed by atoms with Crippen molar-refractivity contribution in [1.82, 2.24) is 30.0 Å². The van der Waals surface area contributed by atoms with E-state index in [1.165, 1.54) is 6.20 Å². The average Bonchev–Trinajstić information content (AvgIpc) is 3.38. The van der Waals surface area contributed by atoms with E-state index in [2.05, 4.69) is 36.9 Å². The van der Waals surface area contributed by atoms with Gasteiger partial charge in [0.1, 0.15) is 5.82 Å². The molecule has 3 aromatic heterocycles. The first-order chi connectivity index (χ1) is 14.5. The number of aryl methyl sites for hydroxylation is 1. The lowest BCUT2D eigenvalue weighted by atomic mass is 10.1. The summed E-state index contributed by atoms with van der Waals surface area (Å²) in [6, 6.07) is 11.7. The fourth-order valence-corrected chi connectivity index (χ4v) is 3.29. The van der Waals surface area contributed by atoms with Gasteiger partial charge in [-0.3, -0.25) is 9.78 Å². The van der Waals surface area contributed by atoms with Crippen LogP contribution in [0, 0.1) is 6.92 Å². The molecule has 152 valence electrons. The highest BCUT2D eigenvalue weighted by atomic mass is 16.5. The molecule has 1 unspecified atom stereocenters. The van der Waals surface area contributed by atoms with Gasteiger partial charge in [-0.15, -0.1) is 0 Å². The molecule has 30 heavy (non-hydrogen) atoms. The molecular formula is C22H22N6O2. The Morgan fingerprint density at radius 2 is 1.97 bits per heavy atom. The lowest BCUT2D eigenvalue weighted by Crippen LogP contribution is -2.28. The van der Waals surface area contributed by atoms with Crippen LogP contribution in [-0.2, 0) is 7.05 Å². The van der Waals surface area contributed by atoms with E-state index in [1.807, 2.05) is 43.6 Å². The monoisotopic (exact) mass is 402 g/mol. The van der Waals surface area contributed by atoms with Crippen LogP contribution >= 0.6 is 0 Å². The number of carbonyl (C=O) groups is 1. The number of hydrogen-bond acceptors (Lipinski definition) is 6. The summed E-state index contributed by atoms with van der Waals surface area (Å²) in [6.07, 6.45) is 4.98. The van der Waals surface area contributed by atoms with Crippen molar-refractivity contribution in [1.29, 1.82) is 0 Å². The van der Waals surface area contributed by atoms with Crippen LogP contribution in [0.2, 0.25) is 0 Å². The predicted octanol–water partition coefficient (Wildman–Crippen LogP) is 3.37. The van der Waals surface area contributed by atoms with Crippen LogP contribution in [0.15, 0.2) is 59.5 Å². The Balaban J connectivity index is 1.44. The number of aromatic nitrogens is 5. The molecule has 1 N–H and O–H groups in total. The number of hydrogen-bond donors (Lipinski definition) is 1. The minimum atomic E-state index is -0.207. The smallest absolute Gasteiger partial charge is 0.252 e. The standard InChI is InChI=1S/C22H22N6O2/c1-14(19-13-24-21(28(19)3)16-7-5-4-6-8-16)10-25-22(29)18-9-17(11-23-12-18)20-26-15(2)30-27-20/h4-9,11-14H,10H2,1-3H3,(H,25,29). The molecule has 0 fully saturated rings. The Hall–Kier alpha value is -3.81. The number of rotatable bonds is 6. The van der Waals surface area contributed by atoms with Crippen molar-refractivity contribution in [2.75, 3.05) is 6.54 Å². The van der Waals surface area contributed by atoms with Crippen LogP contribution in [0.5, 0.6) is 0 Å². The molecule has 8 nitrogen and oxygen atoms in total. The van der Waals surface area contributed by atoms with E-state index in [0.717, 1.165) is 17.1 Å². The van der Waals surface area contributed by atoms with E-state index in [9.17, 15) is 4.79 Å². The molecule has 1 aromatic carbocycles. The van der Waals surface area contributed by atoms with Gasteiger partial charge in [0, 0.05) is 61.8 Å². The quantitative estimate of drug-likeness (QED) is 0.531. The lowest BCUT2D eigenvalue weighted by molar-refractivity contribution is 0.0951. The Labute approximate surface area is 174 Å². The van der Waals surface area contributed by atoms with Crippen molar-refractivity contribution in [2.24, 2.45) is 7.05 Å². The van der Waals surface area contributed by atoms with Gasteiger partial charge in [0.15, 0.2) is 0 Å². The van der Waals surface area contributed by atoms with Crippen LogP contribution in [0.1, 0.15) is 34.8 Å². The molecule has 4 aromatic rings. The highest BCUT2D eigenvalue weighted by Gasteiger charge is 2.16. The molecule has 3 heterocycles. The fraction of sp³-hybridized carbons (Fsp3) is 0.227. The number of nitrogens with one attached hydrogen (secondary N) is 1. The van der Waals surface area contributed by atoms with E-state index >= 15 is 0 Å². The molecule has 8 heteroatoms. The second kappa shape index (κ2) is 8.28. The van der Waals surface area contributed by atoms with E-state index in [4.69, 9.17) is 4.52 Å². The first-order valence-electron chi connectivity index (χ1n) is 9.64. The number of benzene rings is 1. The zero-order chi connectivity index (χ0) is 21.1. The van der Waals surface area contributed by atoms with Crippen molar-refractivity contribution in [3.8, 4) is 22.8 Å². The average molecular weight is 402 g/mol. The van der Waals surface area contributed by atoms with Gasteiger partial charge in [-0.25, -0.2) is 4.98 Å². The van der Waals surface area contributed by atoms with Crippen molar-refractivity contribution in [2.45, 2.75) is 19.8 Å². The number of pyridine rings is 1. The Morgan fingerprint density at radius 1 is 1.17 bits per heavy atom. The van der Waals surface area contributed by atoms with Crippen molar-refractivity contribution >= 4 is 5.91 Å². The third-order valence-corrected chi connectivity index (χ3v) is 4.92. The third-order valence-electron chi connectivity index (χ3n) is 4.92. The normalized spacial score (nSPS) is 12.0. The summed E-state index contributed by atoms with van der Waals surface area (Å²) in [6.45, 7) is 4.24. The van der Waals surface area contributed by atoms with Crippen LogP contribution in [-0.4, -0.2) is 37.1 Å². The summed E-state index contributed by atoms with van der Waals surface area (Å²) < 4.78 is 7.06. The molecule has 0 aliphatic heterocycles. The number of carbonyl (C=O) groups excluding carboxylic acids is 1.